The summed E-state index contributed by atoms with van der Waals surface area (Å²) in [5, 5.41) is 8.75. The molecule has 0 aromatic heterocycles. The van der Waals surface area contributed by atoms with Crippen molar-refractivity contribution >= 4 is 14.9 Å². The molecule has 0 heterocycles. The number of nitrogens with zero attached hydrogens (tertiary/aromatic N) is 1. The molecule has 0 radical (unpaired) electrons. The van der Waals surface area contributed by atoms with Crippen molar-refractivity contribution in [3.63, 3.8) is 0 Å². The molecule has 6 nitrogen and oxygen atoms in total. The molecule has 0 aliphatic carbocycles. The minimum atomic E-state index is -2.56. The Labute approximate surface area is 117 Å². The Bertz CT molecular complexity index is 235. The first-order valence-electron chi connectivity index (χ1n) is 6.87. The van der Waals surface area contributed by atoms with Gasteiger partial charge in [0.05, 0.1) is 0 Å². The SMILES string of the molecule is CCO[Si](CCCCN(C)C(=O)O)(OCC)OCC. The molecule has 0 rings (SSSR count). The number of unbranched alkanes of at least 4 members (excludes halogenated alkanes) is 1. The standard InChI is InChI=1S/C12H27NO5Si/c1-5-16-19(17-6-2,18-7-3)11-9-8-10-13(4)12(14)15/h5-11H2,1-4H3,(H,14,15). The highest BCUT2D eigenvalue weighted by molar-refractivity contribution is 6.60. The number of amides is 1. The van der Waals surface area contributed by atoms with E-state index in [2.05, 4.69) is 0 Å². The highest BCUT2D eigenvalue weighted by Crippen LogP contribution is 2.19. The Morgan fingerprint density at radius 3 is 1.89 bits per heavy atom. The zero-order valence-corrected chi connectivity index (χ0v) is 13.5. The summed E-state index contributed by atoms with van der Waals surface area (Å²) in [7, 11) is -0.991. The summed E-state index contributed by atoms with van der Waals surface area (Å²) in [6.45, 7) is 8.02. The van der Waals surface area contributed by atoms with E-state index in [1.807, 2.05) is 20.8 Å². The molecule has 1 amide bonds. The zero-order valence-electron chi connectivity index (χ0n) is 12.5. The second kappa shape index (κ2) is 10.2. The van der Waals surface area contributed by atoms with Crippen molar-refractivity contribution in [2.24, 2.45) is 0 Å². The van der Waals surface area contributed by atoms with Gasteiger partial charge in [0.15, 0.2) is 0 Å². The van der Waals surface area contributed by atoms with Crippen LogP contribution in [0, 0.1) is 0 Å². The van der Waals surface area contributed by atoms with Crippen LogP contribution in [0.1, 0.15) is 33.6 Å². The number of hydrogen-bond donors (Lipinski definition) is 1. The third-order valence-electron chi connectivity index (χ3n) is 2.65. The van der Waals surface area contributed by atoms with Crippen LogP contribution in [-0.2, 0) is 13.3 Å². The first-order chi connectivity index (χ1) is 9.01. The molecular weight excluding hydrogens is 266 g/mol. The highest BCUT2D eigenvalue weighted by Gasteiger charge is 2.39. The molecule has 0 saturated carbocycles. The predicted octanol–water partition coefficient (Wildman–Crippen LogP) is 2.42. The van der Waals surface area contributed by atoms with Gasteiger partial charge in [0.2, 0.25) is 0 Å². The van der Waals surface area contributed by atoms with Gasteiger partial charge in [-0.25, -0.2) is 4.79 Å². The summed E-state index contributed by atoms with van der Waals surface area (Å²) < 4.78 is 17.2. The van der Waals surface area contributed by atoms with Crippen LogP contribution in [0.2, 0.25) is 6.04 Å². The minimum absolute atomic E-state index is 0.518. The van der Waals surface area contributed by atoms with Crippen molar-refractivity contribution < 1.29 is 23.2 Å². The molecule has 0 aromatic rings. The van der Waals surface area contributed by atoms with E-state index in [4.69, 9.17) is 18.4 Å². The largest absolute Gasteiger partial charge is 0.500 e. The summed E-state index contributed by atoms with van der Waals surface area (Å²) in [4.78, 5) is 11.9. The van der Waals surface area contributed by atoms with E-state index in [0.29, 0.717) is 26.4 Å². The third kappa shape index (κ3) is 7.51. The summed E-state index contributed by atoms with van der Waals surface area (Å²) >= 11 is 0. The smallest absolute Gasteiger partial charge is 0.465 e. The van der Waals surface area contributed by atoms with Gasteiger partial charge in [-0.05, 0) is 33.6 Å². The topological polar surface area (TPSA) is 68.2 Å². The summed E-state index contributed by atoms with van der Waals surface area (Å²) in [5.74, 6) is 0. The van der Waals surface area contributed by atoms with E-state index in [-0.39, 0.29) is 0 Å². The van der Waals surface area contributed by atoms with Crippen molar-refractivity contribution in [1.29, 1.82) is 0 Å². The third-order valence-corrected chi connectivity index (χ3v) is 5.80. The van der Waals surface area contributed by atoms with Crippen LogP contribution in [0.15, 0.2) is 0 Å². The fourth-order valence-corrected chi connectivity index (χ4v) is 4.47. The van der Waals surface area contributed by atoms with Crippen molar-refractivity contribution in [3.8, 4) is 0 Å². The Hall–Kier alpha value is -0.633. The summed E-state index contributed by atoms with van der Waals surface area (Å²) in [5.41, 5.74) is 0. The highest BCUT2D eigenvalue weighted by atomic mass is 28.4. The molecular formula is C12H27NO5Si. The maximum Gasteiger partial charge on any atom is 0.500 e. The van der Waals surface area contributed by atoms with Crippen molar-refractivity contribution in [1.82, 2.24) is 4.90 Å². The molecule has 0 aliphatic rings. The van der Waals surface area contributed by atoms with Crippen molar-refractivity contribution in [2.75, 3.05) is 33.4 Å². The van der Waals surface area contributed by atoms with Gasteiger partial charge in [0.1, 0.15) is 0 Å². The first kappa shape index (κ1) is 18.4. The Balaban J connectivity index is 4.20. The molecule has 0 saturated heterocycles. The fraction of sp³-hybridized carbons (Fsp3) is 0.917. The van der Waals surface area contributed by atoms with E-state index >= 15 is 0 Å². The quantitative estimate of drug-likeness (QED) is 0.468. The van der Waals surface area contributed by atoms with Crippen LogP contribution >= 0.6 is 0 Å². The van der Waals surface area contributed by atoms with Crippen LogP contribution < -0.4 is 0 Å². The van der Waals surface area contributed by atoms with Crippen LogP contribution in [-0.4, -0.2) is 58.3 Å². The van der Waals surface area contributed by atoms with Gasteiger partial charge in [0, 0.05) is 39.5 Å². The Morgan fingerprint density at radius 2 is 1.53 bits per heavy atom. The maximum atomic E-state index is 10.7. The molecule has 0 aromatic carbocycles. The monoisotopic (exact) mass is 293 g/mol. The molecule has 0 aliphatic heterocycles. The molecule has 0 unspecified atom stereocenters. The van der Waals surface area contributed by atoms with E-state index in [9.17, 15) is 4.79 Å². The first-order valence-corrected chi connectivity index (χ1v) is 8.80. The molecule has 114 valence electrons. The van der Waals surface area contributed by atoms with Gasteiger partial charge in [-0.2, -0.15) is 0 Å². The van der Waals surface area contributed by atoms with E-state index < -0.39 is 14.9 Å². The van der Waals surface area contributed by atoms with E-state index in [0.717, 1.165) is 18.9 Å². The van der Waals surface area contributed by atoms with Gasteiger partial charge in [0.25, 0.3) is 0 Å². The molecule has 1 N–H and O–H groups in total. The second-order valence-corrected chi connectivity index (χ2v) is 6.88. The van der Waals surface area contributed by atoms with Crippen LogP contribution in [0.3, 0.4) is 0 Å². The Morgan fingerprint density at radius 1 is 1.05 bits per heavy atom. The molecule has 19 heavy (non-hydrogen) atoms. The number of carbonyl (C=O) groups is 1. The number of hydrogen-bond acceptors (Lipinski definition) is 4. The predicted molar refractivity (Wildman–Crippen MR) is 75.3 cm³/mol. The lowest BCUT2D eigenvalue weighted by molar-refractivity contribution is 0.0705. The average molecular weight is 293 g/mol. The summed E-state index contributed by atoms with van der Waals surface area (Å²) in [6.07, 6.45) is 0.720. The minimum Gasteiger partial charge on any atom is -0.465 e. The maximum absolute atomic E-state index is 10.7. The van der Waals surface area contributed by atoms with Crippen LogP contribution in [0.5, 0.6) is 0 Å². The molecule has 0 spiro atoms. The normalized spacial score (nSPS) is 11.6. The average Bonchev–Trinajstić information content (AvgIpc) is 2.35. The lowest BCUT2D eigenvalue weighted by atomic mass is 10.3. The molecule has 0 atom stereocenters. The Kier molecular flexibility index (Phi) is 9.85. The van der Waals surface area contributed by atoms with Gasteiger partial charge >= 0.3 is 14.9 Å². The molecule has 0 fully saturated rings. The fourth-order valence-electron chi connectivity index (χ4n) is 1.79. The van der Waals surface area contributed by atoms with Crippen LogP contribution in [0.4, 0.5) is 4.79 Å². The zero-order chi connectivity index (χ0) is 14.7. The van der Waals surface area contributed by atoms with Crippen molar-refractivity contribution in [2.45, 2.75) is 39.7 Å². The van der Waals surface area contributed by atoms with Crippen LogP contribution in [0.25, 0.3) is 0 Å². The van der Waals surface area contributed by atoms with Crippen molar-refractivity contribution in [3.05, 3.63) is 0 Å². The lowest BCUT2D eigenvalue weighted by Crippen LogP contribution is -2.46. The van der Waals surface area contributed by atoms with Gasteiger partial charge in [-0.1, -0.05) is 0 Å². The number of rotatable bonds is 11. The summed E-state index contributed by atoms with van der Waals surface area (Å²) in [6, 6.07) is 0.732. The molecule has 0 bridgehead atoms. The number of carboxylic acid groups (broad SMARTS) is 1. The lowest BCUT2D eigenvalue weighted by Gasteiger charge is -2.28. The van der Waals surface area contributed by atoms with Gasteiger partial charge < -0.3 is 23.3 Å². The van der Waals surface area contributed by atoms with Gasteiger partial charge in [-0.15, -0.1) is 0 Å². The van der Waals surface area contributed by atoms with E-state index in [1.165, 1.54) is 4.90 Å². The second-order valence-electron chi connectivity index (χ2n) is 4.14. The van der Waals surface area contributed by atoms with E-state index in [1.54, 1.807) is 7.05 Å². The van der Waals surface area contributed by atoms with Gasteiger partial charge in [-0.3, -0.25) is 0 Å². The molecule has 7 heteroatoms.